The maximum Gasteiger partial charge on any atom is 0.407 e. The molecular weight excluding hydrogens is 681 g/mol. The van der Waals surface area contributed by atoms with Crippen LogP contribution in [0.4, 0.5) is 4.79 Å². The summed E-state index contributed by atoms with van der Waals surface area (Å²) in [4.78, 5) is 11.4. The normalized spacial score (nSPS) is 22.9. The highest BCUT2D eigenvalue weighted by atomic mass is 16.6. The number of ether oxygens (including phenoxy) is 5. The van der Waals surface area contributed by atoms with E-state index in [1.54, 1.807) is 14.2 Å². The zero-order chi connectivity index (χ0) is 37.8. The maximum absolute atomic E-state index is 11.4. The summed E-state index contributed by atoms with van der Waals surface area (Å²) in [5.74, 6) is 4.27. The topological polar surface area (TPSA) is 122 Å². The van der Waals surface area contributed by atoms with E-state index in [0.29, 0.717) is 31.7 Å². The molecule has 1 saturated heterocycles. The lowest BCUT2D eigenvalue weighted by Crippen LogP contribution is -2.40. The minimum absolute atomic E-state index is 0.0782. The van der Waals surface area contributed by atoms with Gasteiger partial charge in [-0.2, -0.15) is 0 Å². The molecule has 2 aliphatic carbocycles. The molecule has 1 amide bonds. The van der Waals surface area contributed by atoms with Gasteiger partial charge in [-0.05, 0) is 123 Å². The second-order valence-corrected chi connectivity index (χ2v) is 15.1. The summed E-state index contributed by atoms with van der Waals surface area (Å²) in [6.45, 7) is 1.95. The molecule has 0 unspecified atom stereocenters. The number of methoxy groups -OCH3 is 2. The number of alkyl carbamates (subject to hydrolysis) is 1. The minimum Gasteiger partial charge on any atom is -0.497 e. The molecule has 1 aliphatic heterocycles. The SMILES string of the molecule is COc1cccc(OCCCc2ccc([C@@H]3CC[C@](N)(CO)C3)cc2)c1.COc1cccc(OCCCc2ccc([C@@H]3CC[C@]4(COC(=O)N4)C3)cc2)c1. The van der Waals surface area contributed by atoms with E-state index in [0.717, 1.165) is 87.2 Å². The van der Waals surface area contributed by atoms with E-state index in [-0.39, 0.29) is 23.8 Å². The van der Waals surface area contributed by atoms with Gasteiger partial charge in [-0.3, -0.25) is 0 Å². The van der Waals surface area contributed by atoms with Crippen LogP contribution in [0.25, 0.3) is 0 Å². The largest absolute Gasteiger partial charge is 0.497 e. The number of carbonyl (C=O) groups excluding carboxylic acids is 1. The van der Waals surface area contributed by atoms with Crippen molar-refractivity contribution in [1.82, 2.24) is 5.32 Å². The first-order chi connectivity index (χ1) is 26.3. The zero-order valence-corrected chi connectivity index (χ0v) is 31.8. The predicted molar refractivity (Wildman–Crippen MR) is 211 cm³/mol. The van der Waals surface area contributed by atoms with Gasteiger partial charge < -0.3 is 39.8 Å². The molecule has 0 aromatic heterocycles. The Bertz CT molecular complexity index is 1780. The number of nitrogens with two attached hydrogens (primary N) is 1. The molecule has 4 aromatic rings. The Hall–Kier alpha value is -4.73. The van der Waals surface area contributed by atoms with E-state index in [1.165, 1.54) is 22.3 Å². The number of carbonyl (C=O) groups is 1. The summed E-state index contributed by atoms with van der Waals surface area (Å²) in [6, 6.07) is 33.1. The standard InChI is InChI=1S/C23H27NO4.C22H29NO3/c1-26-20-5-2-6-21(14-20)27-13-3-4-17-7-9-18(10-8-17)19-11-12-23(15-19)16-28-22(25)24-23;1-25-20-5-2-6-21(14-20)26-13-3-4-17-7-9-18(10-8-17)19-11-12-22(23,15-19)16-24/h2,5-10,14,19H,3-4,11-13,15-16H2,1H3,(H,24,25);2,5-10,14,19,24H,3-4,11-13,15-16,23H2,1H3/t19-,23-;19-,22-/m11/s1. The van der Waals surface area contributed by atoms with Gasteiger partial charge in [0.05, 0.1) is 39.6 Å². The van der Waals surface area contributed by atoms with E-state index in [4.69, 9.17) is 29.4 Å². The van der Waals surface area contributed by atoms with Crippen LogP contribution in [0.15, 0.2) is 97.1 Å². The molecule has 3 aliphatic rings. The Morgan fingerprint density at radius 2 is 1.22 bits per heavy atom. The summed E-state index contributed by atoms with van der Waals surface area (Å²) in [5, 5.41) is 12.4. The van der Waals surface area contributed by atoms with Gasteiger partial charge in [0, 0.05) is 17.7 Å². The zero-order valence-electron chi connectivity index (χ0n) is 31.8. The third-order valence-corrected chi connectivity index (χ3v) is 11.2. The Morgan fingerprint density at radius 3 is 1.69 bits per heavy atom. The second-order valence-electron chi connectivity index (χ2n) is 15.1. The van der Waals surface area contributed by atoms with Crippen molar-refractivity contribution in [2.75, 3.05) is 40.6 Å². The Labute approximate surface area is 320 Å². The lowest BCUT2D eigenvalue weighted by Gasteiger charge is -2.21. The third kappa shape index (κ3) is 10.7. The fraction of sp³-hybridized carbons (Fsp3) is 0.444. The summed E-state index contributed by atoms with van der Waals surface area (Å²) < 4.78 is 27.1. The fourth-order valence-corrected chi connectivity index (χ4v) is 7.96. The second kappa shape index (κ2) is 18.5. The molecular formula is C45H56N2O7. The van der Waals surface area contributed by atoms with Crippen molar-refractivity contribution in [2.45, 2.75) is 87.1 Å². The van der Waals surface area contributed by atoms with Crippen LogP contribution in [0.1, 0.15) is 85.5 Å². The van der Waals surface area contributed by atoms with E-state index in [2.05, 4.69) is 53.8 Å². The first kappa shape index (κ1) is 39.0. The van der Waals surface area contributed by atoms with Crippen molar-refractivity contribution in [1.29, 1.82) is 0 Å². The van der Waals surface area contributed by atoms with Crippen molar-refractivity contribution < 1.29 is 33.6 Å². The van der Waals surface area contributed by atoms with Crippen LogP contribution in [0, 0.1) is 0 Å². The van der Waals surface area contributed by atoms with Crippen LogP contribution in [-0.4, -0.2) is 62.9 Å². The van der Waals surface area contributed by atoms with E-state index in [9.17, 15) is 9.90 Å². The number of cyclic esters (lactones) is 1. The number of benzene rings is 4. The van der Waals surface area contributed by atoms with Gasteiger partial charge in [-0.15, -0.1) is 0 Å². The number of hydrogen-bond donors (Lipinski definition) is 3. The number of rotatable bonds is 15. The first-order valence-electron chi connectivity index (χ1n) is 19.3. The van der Waals surface area contributed by atoms with Gasteiger partial charge in [0.2, 0.25) is 0 Å². The molecule has 9 nitrogen and oxygen atoms in total. The predicted octanol–water partition coefficient (Wildman–Crippen LogP) is 8.12. The van der Waals surface area contributed by atoms with Gasteiger partial charge in [-0.25, -0.2) is 4.79 Å². The van der Waals surface area contributed by atoms with Crippen molar-refractivity contribution in [2.24, 2.45) is 5.73 Å². The van der Waals surface area contributed by atoms with Crippen LogP contribution < -0.4 is 30.0 Å². The molecule has 4 aromatic carbocycles. The summed E-state index contributed by atoms with van der Waals surface area (Å²) in [5.41, 5.74) is 11.0. The maximum atomic E-state index is 11.4. The van der Waals surface area contributed by atoms with Crippen LogP contribution >= 0.6 is 0 Å². The molecule has 2 saturated carbocycles. The molecule has 1 spiro atoms. The number of aliphatic hydroxyl groups is 1. The van der Waals surface area contributed by atoms with Crippen molar-refractivity contribution in [3.05, 3.63) is 119 Å². The van der Waals surface area contributed by atoms with Crippen LogP contribution in [-0.2, 0) is 17.6 Å². The minimum atomic E-state index is -0.388. The third-order valence-electron chi connectivity index (χ3n) is 11.2. The molecule has 4 N–H and O–H groups in total. The fourth-order valence-electron chi connectivity index (χ4n) is 7.96. The molecule has 7 rings (SSSR count). The first-order valence-corrected chi connectivity index (χ1v) is 19.3. The monoisotopic (exact) mass is 736 g/mol. The van der Waals surface area contributed by atoms with Crippen LogP contribution in [0.5, 0.6) is 23.0 Å². The van der Waals surface area contributed by atoms with E-state index >= 15 is 0 Å². The summed E-state index contributed by atoms with van der Waals surface area (Å²) >= 11 is 0. The smallest absolute Gasteiger partial charge is 0.407 e. The highest BCUT2D eigenvalue weighted by molar-refractivity contribution is 5.71. The van der Waals surface area contributed by atoms with E-state index in [1.807, 2.05) is 48.5 Å². The van der Waals surface area contributed by atoms with Gasteiger partial charge in [0.25, 0.3) is 0 Å². The van der Waals surface area contributed by atoms with Crippen LogP contribution in [0.2, 0.25) is 0 Å². The number of aliphatic hydroxyl groups excluding tert-OH is 1. The highest BCUT2D eigenvalue weighted by Crippen LogP contribution is 2.43. The lowest BCUT2D eigenvalue weighted by molar-refractivity contribution is 0.172. The highest BCUT2D eigenvalue weighted by Gasteiger charge is 2.45. The van der Waals surface area contributed by atoms with Gasteiger partial charge >= 0.3 is 6.09 Å². The molecule has 54 heavy (non-hydrogen) atoms. The molecule has 9 heteroatoms. The van der Waals surface area contributed by atoms with Crippen molar-refractivity contribution in [3.63, 3.8) is 0 Å². The Kier molecular flexibility index (Phi) is 13.4. The average molecular weight is 737 g/mol. The Morgan fingerprint density at radius 1 is 0.722 bits per heavy atom. The number of aryl methyl sites for hydroxylation is 2. The number of hydrogen-bond acceptors (Lipinski definition) is 8. The summed E-state index contributed by atoms with van der Waals surface area (Å²) in [7, 11) is 3.32. The molecule has 4 atom stereocenters. The summed E-state index contributed by atoms with van der Waals surface area (Å²) in [6.07, 6.45) is 9.53. The van der Waals surface area contributed by atoms with Gasteiger partial charge in [0.15, 0.2) is 0 Å². The molecule has 0 radical (unpaired) electrons. The Balaban J connectivity index is 0.000000185. The van der Waals surface area contributed by atoms with Crippen molar-refractivity contribution >= 4 is 6.09 Å². The molecule has 3 fully saturated rings. The average Bonchev–Trinajstić information content (AvgIpc) is 3.93. The lowest BCUT2D eigenvalue weighted by atomic mass is 9.92. The molecule has 1 heterocycles. The van der Waals surface area contributed by atoms with Gasteiger partial charge in [0.1, 0.15) is 29.6 Å². The quantitative estimate of drug-likeness (QED) is 0.105. The van der Waals surface area contributed by atoms with E-state index < -0.39 is 0 Å². The molecule has 288 valence electrons. The number of nitrogens with one attached hydrogen (secondary N) is 1. The van der Waals surface area contributed by atoms with Crippen molar-refractivity contribution in [3.8, 4) is 23.0 Å². The van der Waals surface area contributed by atoms with Gasteiger partial charge in [-0.1, -0.05) is 60.7 Å². The molecule has 0 bridgehead atoms. The number of amides is 1. The van der Waals surface area contributed by atoms with Crippen LogP contribution in [0.3, 0.4) is 0 Å².